The Morgan fingerprint density at radius 2 is 1.61 bits per heavy atom. The Morgan fingerprint density at radius 1 is 0.972 bits per heavy atom. The van der Waals surface area contributed by atoms with Crippen LogP contribution >= 0.6 is 0 Å². The first-order valence-electron chi connectivity index (χ1n) is 11.3. The van der Waals surface area contributed by atoms with Crippen molar-refractivity contribution in [3.8, 4) is 0 Å². The van der Waals surface area contributed by atoms with Gasteiger partial charge in [0.2, 0.25) is 5.91 Å². The number of nitrogens with one attached hydrogen (secondary N) is 1. The monoisotopic (exact) mass is 506 g/mol. The molecule has 1 aliphatic heterocycles. The molecule has 4 nitrogen and oxygen atoms in total. The fraction of sp³-hybridized carbons (Fsp3) is 0.346. The largest absolute Gasteiger partial charge is 0.416 e. The Balaban J connectivity index is 1.42. The molecule has 1 unspecified atom stereocenters. The number of pyridine rings is 1. The highest BCUT2D eigenvalue weighted by Crippen LogP contribution is 2.64. The Bertz CT molecular complexity index is 1320. The Kier molecular flexibility index (Phi) is 5.61. The van der Waals surface area contributed by atoms with E-state index in [1.54, 1.807) is 12.4 Å². The van der Waals surface area contributed by atoms with Crippen LogP contribution in [0.3, 0.4) is 0 Å². The van der Waals surface area contributed by atoms with E-state index in [-0.39, 0.29) is 23.8 Å². The van der Waals surface area contributed by atoms with E-state index >= 15 is 0 Å². The maximum Gasteiger partial charge on any atom is 0.416 e. The number of hydrogen-bond acceptors (Lipinski definition) is 3. The van der Waals surface area contributed by atoms with Crippen LogP contribution in [0.2, 0.25) is 0 Å². The average Bonchev–Trinajstić information content (AvgIpc) is 3.54. The third-order valence-electron chi connectivity index (χ3n) is 7.18. The van der Waals surface area contributed by atoms with Gasteiger partial charge in [-0.3, -0.25) is 14.6 Å². The van der Waals surface area contributed by atoms with Crippen LogP contribution in [0.5, 0.6) is 0 Å². The minimum absolute atomic E-state index is 0.00135. The van der Waals surface area contributed by atoms with Gasteiger partial charge in [-0.15, -0.1) is 0 Å². The van der Waals surface area contributed by atoms with Crippen LogP contribution < -0.4 is 5.32 Å². The van der Waals surface area contributed by atoms with E-state index in [2.05, 4.69) is 10.3 Å². The van der Waals surface area contributed by atoms with Crippen molar-refractivity contribution in [1.82, 2.24) is 10.3 Å². The van der Waals surface area contributed by atoms with E-state index in [1.165, 1.54) is 0 Å². The molecule has 1 saturated heterocycles. The number of carbonyl (C=O) groups is 2. The van der Waals surface area contributed by atoms with Crippen molar-refractivity contribution in [3.05, 3.63) is 77.1 Å². The predicted octanol–water partition coefficient (Wildman–Crippen LogP) is 6.04. The summed E-state index contributed by atoms with van der Waals surface area (Å²) in [6, 6.07) is 7.70. The molecule has 1 aromatic heterocycles. The number of amides is 1. The van der Waals surface area contributed by atoms with Crippen molar-refractivity contribution in [3.63, 3.8) is 0 Å². The quantitative estimate of drug-likeness (QED) is 0.339. The number of aromatic nitrogens is 1. The lowest BCUT2D eigenvalue weighted by molar-refractivity contribution is -0.143. The minimum Gasteiger partial charge on any atom is -0.348 e. The lowest BCUT2D eigenvalue weighted by Crippen LogP contribution is -2.28. The number of carbonyl (C=O) groups excluding carboxylic acids is 2. The zero-order valence-corrected chi connectivity index (χ0v) is 18.7. The van der Waals surface area contributed by atoms with Crippen LogP contribution in [0.1, 0.15) is 47.6 Å². The first kappa shape index (κ1) is 24.3. The number of Topliss-reactive ketones (excluding diaryl/α,β-unsaturated/α-hetero) is 1. The van der Waals surface area contributed by atoms with Gasteiger partial charge < -0.3 is 5.32 Å². The Hall–Kier alpha value is -3.43. The zero-order chi connectivity index (χ0) is 25.9. The second-order valence-corrected chi connectivity index (χ2v) is 9.43. The molecular formula is C26H20F6N2O2. The number of benzene rings is 2. The van der Waals surface area contributed by atoms with Crippen molar-refractivity contribution >= 4 is 22.5 Å². The van der Waals surface area contributed by atoms with Gasteiger partial charge in [0.05, 0.1) is 17.2 Å². The highest BCUT2D eigenvalue weighted by atomic mass is 19.4. The number of aryl methyl sites for hydroxylation is 1. The maximum absolute atomic E-state index is 13.4. The third kappa shape index (κ3) is 4.22. The molecule has 1 aliphatic carbocycles. The number of hydrogen-bond donors (Lipinski definition) is 1. The Labute approximate surface area is 201 Å². The highest BCUT2D eigenvalue weighted by Gasteiger charge is 2.65. The maximum atomic E-state index is 13.4. The summed E-state index contributed by atoms with van der Waals surface area (Å²) in [7, 11) is 0. The van der Waals surface area contributed by atoms with Gasteiger partial charge in [-0.2, -0.15) is 26.3 Å². The third-order valence-corrected chi connectivity index (χ3v) is 7.18. The van der Waals surface area contributed by atoms with Crippen LogP contribution in [0.25, 0.3) is 10.8 Å². The van der Waals surface area contributed by atoms with Gasteiger partial charge in [-0.05, 0) is 54.0 Å². The summed E-state index contributed by atoms with van der Waals surface area (Å²) in [5.74, 6) is -2.18. The number of ketones is 1. The second-order valence-electron chi connectivity index (χ2n) is 9.43. The molecule has 5 rings (SSSR count). The van der Waals surface area contributed by atoms with Crippen molar-refractivity contribution in [2.75, 3.05) is 0 Å². The van der Waals surface area contributed by atoms with Crippen molar-refractivity contribution in [1.29, 1.82) is 0 Å². The van der Waals surface area contributed by atoms with E-state index in [1.807, 2.05) is 24.3 Å². The lowest BCUT2D eigenvalue weighted by atomic mass is 9.79. The summed E-state index contributed by atoms with van der Waals surface area (Å²) in [5, 5.41) is 4.34. The SMILES string of the molecule is O=C(CCc1cncc2ccccc12)[C@@H]1C(=O)NC(c2cc(C(F)(F)F)cc(C(F)(F)F)c2)C12CC2. The fourth-order valence-electron chi connectivity index (χ4n) is 5.33. The predicted molar refractivity (Wildman–Crippen MR) is 118 cm³/mol. The molecule has 188 valence electrons. The Morgan fingerprint density at radius 3 is 2.22 bits per heavy atom. The number of nitrogens with zero attached hydrogens (tertiary/aromatic N) is 1. The first-order chi connectivity index (χ1) is 16.9. The van der Waals surface area contributed by atoms with E-state index in [0.29, 0.717) is 31.4 Å². The van der Waals surface area contributed by atoms with Gasteiger partial charge in [0, 0.05) is 29.6 Å². The molecule has 1 amide bonds. The molecule has 1 spiro atoms. The number of alkyl halides is 6. The topological polar surface area (TPSA) is 59.1 Å². The summed E-state index contributed by atoms with van der Waals surface area (Å²) in [6.45, 7) is 0. The summed E-state index contributed by atoms with van der Waals surface area (Å²) in [4.78, 5) is 30.2. The fourth-order valence-corrected chi connectivity index (χ4v) is 5.33. The normalized spacial score (nSPS) is 21.1. The summed E-state index contributed by atoms with van der Waals surface area (Å²) >= 11 is 0. The first-order valence-corrected chi connectivity index (χ1v) is 11.3. The van der Waals surface area contributed by atoms with Crippen molar-refractivity contribution < 1.29 is 35.9 Å². The average molecular weight is 506 g/mol. The molecule has 1 N–H and O–H groups in total. The molecule has 2 atom stereocenters. The van der Waals surface area contributed by atoms with E-state index in [9.17, 15) is 35.9 Å². The lowest BCUT2D eigenvalue weighted by Gasteiger charge is -2.24. The number of halogens is 6. The van der Waals surface area contributed by atoms with Gasteiger partial charge in [0.25, 0.3) is 0 Å². The van der Waals surface area contributed by atoms with Crippen molar-refractivity contribution in [2.24, 2.45) is 11.3 Å². The van der Waals surface area contributed by atoms with Gasteiger partial charge in [0.1, 0.15) is 11.7 Å². The molecule has 2 aliphatic rings. The summed E-state index contributed by atoms with van der Waals surface area (Å²) in [6.07, 6.45) is -5.67. The number of rotatable bonds is 5. The second kappa shape index (κ2) is 8.31. The van der Waals surface area contributed by atoms with Crippen LogP contribution in [0.15, 0.2) is 54.9 Å². The molecule has 2 aromatic carbocycles. The van der Waals surface area contributed by atoms with E-state index in [0.717, 1.165) is 16.3 Å². The molecule has 1 saturated carbocycles. The van der Waals surface area contributed by atoms with Crippen molar-refractivity contribution in [2.45, 2.75) is 44.1 Å². The standard InChI is InChI=1S/C26H20F6N2O2/c27-25(28,29)17-9-16(10-18(11-17)26(30,31)32)22-24(7-8-24)21(23(36)34-22)20(35)6-5-15-13-33-12-14-3-1-2-4-19(14)15/h1-4,9-13,21-22H,5-8H2,(H,34,36)/t21-,22?/m1/s1. The molecule has 3 aromatic rings. The van der Waals surface area contributed by atoms with Crippen LogP contribution in [0.4, 0.5) is 26.3 Å². The molecule has 2 fully saturated rings. The van der Waals surface area contributed by atoms with Gasteiger partial charge >= 0.3 is 12.4 Å². The summed E-state index contributed by atoms with van der Waals surface area (Å²) < 4.78 is 80.2. The minimum atomic E-state index is -5.00. The molecule has 36 heavy (non-hydrogen) atoms. The molecule has 2 heterocycles. The molecular weight excluding hydrogens is 486 g/mol. The van der Waals surface area contributed by atoms with Gasteiger partial charge in [0.15, 0.2) is 0 Å². The van der Waals surface area contributed by atoms with Crippen LogP contribution in [-0.2, 0) is 28.4 Å². The van der Waals surface area contributed by atoms with Gasteiger partial charge in [-0.25, -0.2) is 0 Å². The molecule has 0 bridgehead atoms. The zero-order valence-electron chi connectivity index (χ0n) is 18.7. The smallest absolute Gasteiger partial charge is 0.348 e. The van der Waals surface area contributed by atoms with E-state index in [4.69, 9.17) is 0 Å². The van der Waals surface area contributed by atoms with Gasteiger partial charge in [-0.1, -0.05) is 24.3 Å². The number of fused-ring (bicyclic) bond motifs is 1. The summed E-state index contributed by atoms with van der Waals surface area (Å²) in [5.41, 5.74) is -3.41. The highest BCUT2D eigenvalue weighted by molar-refractivity contribution is 6.05. The van der Waals surface area contributed by atoms with Crippen LogP contribution in [0, 0.1) is 11.3 Å². The van der Waals surface area contributed by atoms with Crippen LogP contribution in [-0.4, -0.2) is 16.7 Å². The molecule has 0 radical (unpaired) electrons. The van der Waals surface area contributed by atoms with E-state index < -0.39 is 46.8 Å². The molecule has 10 heteroatoms.